The molecular formula is C13H13NO3S. The quantitative estimate of drug-likeness (QED) is 0.914. The van der Waals surface area contributed by atoms with Crippen molar-refractivity contribution in [2.45, 2.75) is 11.5 Å². The Bertz CT molecular complexity index is 631. The first-order valence-electron chi connectivity index (χ1n) is 5.37. The zero-order valence-corrected chi connectivity index (χ0v) is 10.7. The lowest BCUT2D eigenvalue weighted by molar-refractivity contribution is 0.277. The smallest absolute Gasteiger partial charge is 0.175 e. The summed E-state index contributed by atoms with van der Waals surface area (Å²) in [7, 11) is -3.16. The zero-order chi connectivity index (χ0) is 13.2. The van der Waals surface area contributed by atoms with E-state index in [-0.39, 0.29) is 6.61 Å². The molecule has 0 aliphatic rings. The van der Waals surface area contributed by atoms with Crippen LogP contribution in [0.3, 0.4) is 0 Å². The number of aliphatic hydroxyl groups excluding tert-OH is 1. The van der Waals surface area contributed by atoms with Gasteiger partial charge in [-0.1, -0.05) is 18.2 Å². The van der Waals surface area contributed by atoms with Gasteiger partial charge in [0.1, 0.15) is 0 Å². The Labute approximate surface area is 106 Å². The minimum Gasteiger partial charge on any atom is -0.390 e. The molecule has 2 rings (SSSR count). The van der Waals surface area contributed by atoms with Crippen molar-refractivity contribution in [2.75, 3.05) is 6.26 Å². The largest absolute Gasteiger partial charge is 0.390 e. The van der Waals surface area contributed by atoms with Crippen LogP contribution in [0.4, 0.5) is 0 Å². The molecule has 0 bridgehead atoms. The van der Waals surface area contributed by atoms with Crippen LogP contribution in [-0.2, 0) is 16.4 Å². The van der Waals surface area contributed by atoms with E-state index in [2.05, 4.69) is 4.98 Å². The first kappa shape index (κ1) is 12.7. The average Bonchev–Trinajstić information content (AvgIpc) is 2.38. The normalized spacial score (nSPS) is 11.4. The van der Waals surface area contributed by atoms with Gasteiger partial charge in [-0.15, -0.1) is 0 Å². The first-order chi connectivity index (χ1) is 8.50. The van der Waals surface area contributed by atoms with Crippen LogP contribution in [-0.4, -0.2) is 24.8 Å². The summed E-state index contributed by atoms with van der Waals surface area (Å²) < 4.78 is 22.6. The van der Waals surface area contributed by atoms with Gasteiger partial charge in [0.15, 0.2) is 9.84 Å². The standard InChI is InChI=1S/C13H13NO3S/c1-18(16,17)13-6-3-10(4-7-13)11-2-5-12(9-15)14-8-11/h2-8,15H,9H2,1H3. The molecule has 5 heteroatoms. The fraction of sp³-hybridized carbons (Fsp3) is 0.154. The summed E-state index contributed by atoms with van der Waals surface area (Å²) in [5, 5.41) is 8.90. The molecule has 2 aromatic rings. The Kier molecular flexibility index (Phi) is 3.45. The molecule has 0 aliphatic carbocycles. The molecule has 1 heterocycles. The highest BCUT2D eigenvalue weighted by Crippen LogP contribution is 2.20. The van der Waals surface area contributed by atoms with Gasteiger partial charge in [-0.3, -0.25) is 4.98 Å². The summed E-state index contributed by atoms with van der Waals surface area (Å²) in [6.07, 6.45) is 2.83. The molecular weight excluding hydrogens is 250 g/mol. The topological polar surface area (TPSA) is 67.3 Å². The molecule has 1 aromatic heterocycles. The number of benzene rings is 1. The van der Waals surface area contributed by atoms with Crippen molar-refractivity contribution in [1.82, 2.24) is 4.98 Å². The molecule has 94 valence electrons. The molecule has 18 heavy (non-hydrogen) atoms. The average molecular weight is 263 g/mol. The van der Waals surface area contributed by atoms with Crippen LogP contribution < -0.4 is 0 Å². The maximum atomic E-state index is 11.3. The Hall–Kier alpha value is -1.72. The van der Waals surface area contributed by atoms with Gasteiger partial charge >= 0.3 is 0 Å². The van der Waals surface area contributed by atoms with Gasteiger partial charge in [0.25, 0.3) is 0 Å². The van der Waals surface area contributed by atoms with Gasteiger partial charge in [0.2, 0.25) is 0 Å². The number of rotatable bonds is 3. The van der Waals surface area contributed by atoms with Crippen molar-refractivity contribution < 1.29 is 13.5 Å². The third-order valence-corrected chi connectivity index (χ3v) is 3.73. The second-order valence-corrected chi connectivity index (χ2v) is 6.01. The Morgan fingerprint density at radius 1 is 1.06 bits per heavy atom. The molecule has 0 amide bonds. The van der Waals surface area contributed by atoms with Crippen LogP contribution >= 0.6 is 0 Å². The van der Waals surface area contributed by atoms with Gasteiger partial charge in [-0.05, 0) is 23.8 Å². The zero-order valence-electron chi connectivity index (χ0n) is 9.87. The number of nitrogens with zero attached hydrogens (tertiary/aromatic N) is 1. The van der Waals surface area contributed by atoms with E-state index in [4.69, 9.17) is 5.11 Å². The molecule has 0 spiro atoms. The number of hydrogen-bond donors (Lipinski definition) is 1. The van der Waals surface area contributed by atoms with E-state index in [1.165, 1.54) is 6.26 Å². The SMILES string of the molecule is CS(=O)(=O)c1ccc(-c2ccc(CO)nc2)cc1. The predicted octanol–water partition coefficient (Wildman–Crippen LogP) is 1.64. The number of aromatic nitrogens is 1. The number of aliphatic hydroxyl groups is 1. The molecule has 1 N–H and O–H groups in total. The second-order valence-electron chi connectivity index (χ2n) is 3.99. The minimum atomic E-state index is -3.16. The predicted molar refractivity (Wildman–Crippen MR) is 68.7 cm³/mol. The van der Waals surface area contributed by atoms with E-state index in [1.807, 2.05) is 6.07 Å². The number of pyridine rings is 1. The Balaban J connectivity index is 2.34. The minimum absolute atomic E-state index is 0.0900. The first-order valence-corrected chi connectivity index (χ1v) is 7.26. The molecule has 0 radical (unpaired) electrons. The summed E-state index contributed by atoms with van der Waals surface area (Å²) >= 11 is 0. The molecule has 0 unspecified atom stereocenters. The van der Waals surface area contributed by atoms with Crippen LogP contribution in [0.1, 0.15) is 5.69 Å². The molecule has 0 saturated carbocycles. The summed E-state index contributed by atoms with van der Waals surface area (Å²) in [6.45, 7) is -0.0900. The molecule has 1 aromatic carbocycles. The fourth-order valence-electron chi connectivity index (χ4n) is 1.58. The molecule has 0 atom stereocenters. The van der Waals surface area contributed by atoms with Gasteiger partial charge in [0.05, 0.1) is 17.2 Å². The highest BCUT2D eigenvalue weighted by atomic mass is 32.2. The van der Waals surface area contributed by atoms with E-state index in [0.717, 1.165) is 11.1 Å². The fourth-order valence-corrected chi connectivity index (χ4v) is 2.21. The van der Waals surface area contributed by atoms with Crippen LogP contribution in [0, 0.1) is 0 Å². The summed E-state index contributed by atoms with van der Waals surface area (Å²) in [5.41, 5.74) is 2.37. The third kappa shape index (κ3) is 2.75. The van der Waals surface area contributed by atoms with E-state index in [1.54, 1.807) is 36.5 Å². The van der Waals surface area contributed by atoms with Gasteiger partial charge < -0.3 is 5.11 Å². The molecule has 0 fully saturated rings. The van der Waals surface area contributed by atoms with E-state index in [0.29, 0.717) is 10.6 Å². The lowest BCUT2D eigenvalue weighted by Crippen LogP contribution is -1.96. The van der Waals surface area contributed by atoms with Crippen LogP contribution in [0.5, 0.6) is 0 Å². The summed E-state index contributed by atoms with van der Waals surface area (Å²) in [6, 6.07) is 10.2. The van der Waals surface area contributed by atoms with Gasteiger partial charge in [0, 0.05) is 18.0 Å². The Morgan fingerprint density at radius 3 is 2.11 bits per heavy atom. The van der Waals surface area contributed by atoms with Gasteiger partial charge in [-0.2, -0.15) is 0 Å². The summed E-state index contributed by atoms with van der Waals surface area (Å²) in [4.78, 5) is 4.37. The molecule has 0 aliphatic heterocycles. The van der Waals surface area contributed by atoms with Crippen molar-refractivity contribution in [3.05, 3.63) is 48.3 Å². The monoisotopic (exact) mass is 263 g/mol. The summed E-state index contributed by atoms with van der Waals surface area (Å²) in [5.74, 6) is 0. The lowest BCUT2D eigenvalue weighted by Gasteiger charge is -2.03. The van der Waals surface area contributed by atoms with E-state index >= 15 is 0 Å². The molecule has 0 saturated heterocycles. The highest BCUT2D eigenvalue weighted by Gasteiger charge is 2.06. The number of hydrogen-bond acceptors (Lipinski definition) is 4. The van der Waals surface area contributed by atoms with Gasteiger partial charge in [-0.25, -0.2) is 8.42 Å². The third-order valence-electron chi connectivity index (χ3n) is 2.60. The Morgan fingerprint density at radius 2 is 1.67 bits per heavy atom. The lowest BCUT2D eigenvalue weighted by atomic mass is 10.1. The number of sulfone groups is 1. The van der Waals surface area contributed by atoms with E-state index < -0.39 is 9.84 Å². The van der Waals surface area contributed by atoms with Crippen LogP contribution in [0.15, 0.2) is 47.5 Å². The maximum absolute atomic E-state index is 11.3. The maximum Gasteiger partial charge on any atom is 0.175 e. The van der Waals surface area contributed by atoms with Crippen LogP contribution in [0.25, 0.3) is 11.1 Å². The van der Waals surface area contributed by atoms with Crippen LogP contribution in [0.2, 0.25) is 0 Å². The van der Waals surface area contributed by atoms with E-state index in [9.17, 15) is 8.42 Å². The van der Waals surface area contributed by atoms with Crippen molar-refractivity contribution in [3.8, 4) is 11.1 Å². The van der Waals surface area contributed by atoms with Crippen molar-refractivity contribution >= 4 is 9.84 Å². The van der Waals surface area contributed by atoms with Crippen molar-refractivity contribution in [1.29, 1.82) is 0 Å². The molecule has 4 nitrogen and oxygen atoms in total. The second kappa shape index (κ2) is 4.88. The highest BCUT2D eigenvalue weighted by molar-refractivity contribution is 7.90. The van der Waals surface area contributed by atoms with Crippen molar-refractivity contribution in [3.63, 3.8) is 0 Å². The van der Waals surface area contributed by atoms with Crippen molar-refractivity contribution in [2.24, 2.45) is 0 Å².